The fourth-order valence-electron chi connectivity index (χ4n) is 2.71. The zero-order valence-corrected chi connectivity index (χ0v) is 12.7. The first kappa shape index (κ1) is 13.9. The molecule has 0 radical (unpaired) electrons. The van der Waals surface area contributed by atoms with Gasteiger partial charge in [-0.1, -0.05) is 6.92 Å². The molecule has 2 fully saturated rings. The van der Waals surface area contributed by atoms with Crippen molar-refractivity contribution in [2.75, 3.05) is 30.8 Å². The van der Waals surface area contributed by atoms with Crippen LogP contribution in [0.2, 0.25) is 0 Å². The molecule has 0 bridgehead atoms. The average molecular weight is 294 g/mol. The molecule has 3 N–H and O–H groups in total. The number of ether oxygens (including phenoxy) is 1. The number of rotatable bonds is 6. The summed E-state index contributed by atoms with van der Waals surface area (Å²) in [4.78, 5) is 12.7. The van der Waals surface area contributed by atoms with Crippen molar-refractivity contribution >= 4 is 27.8 Å². The van der Waals surface area contributed by atoms with Crippen LogP contribution in [0.15, 0.2) is 0 Å². The highest BCUT2D eigenvalue weighted by atomic mass is 32.1. The number of nitrogens with one attached hydrogen (secondary N) is 1. The second-order valence-corrected chi connectivity index (χ2v) is 6.77. The number of nitrogens with two attached hydrogens (primary N) is 1. The quantitative estimate of drug-likeness (QED) is 0.791. The molecule has 1 saturated heterocycles. The van der Waals surface area contributed by atoms with Crippen LogP contribution in [0.5, 0.6) is 0 Å². The van der Waals surface area contributed by atoms with E-state index in [1.807, 2.05) is 6.92 Å². The van der Waals surface area contributed by atoms with Gasteiger partial charge in [0.25, 0.3) is 0 Å². The van der Waals surface area contributed by atoms with Gasteiger partial charge in [-0.2, -0.15) is 0 Å². The van der Waals surface area contributed by atoms with Crippen LogP contribution in [-0.2, 0) is 4.74 Å². The van der Waals surface area contributed by atoms with Crippen LogP contribution >= 0.6 is 11.3 Å². The molecule has 110 valence electrons. The molecule has 0 aromatic carbocycles. The molecule has 0 amide bonds. The zero-order valence-electron chi connectivity index (χ0n) is 11.9. The lowest BCUT2D eigenvalue weighted by atomic mass is 10.1. The third-order valence-corrected chi connectivity index (χ3v) is 5.34. The minimum Gasteiger partial charge on any atom is -0.397 e. The molecule has 1 saturated carbocycles. The first-order valence-electron chi connectivity index (χ1n) is 7.47. The molecule has 20 heavy (non-hydrogen) atoms. The van der Waals surface area contributed by atoms with Crippen LogP contribution in [0.25, 0.3) is 0 Å². The number of carbonyl (C=O) groups excluding carboxylic acids is 1. The van der Waals surface area contributed by atoms with E-state index >= 15 is 0 Å². The van der Waals surface area contributed by atoms with Crippen LogP contribution < -0.4 is 11.1 Å². The van der Waals surface area contributed by atoms with Gasteiger partial charge in [-0.05, 0) is 25.2 Å². The van der Waals surface area contributed by atoms with Gasteiger partial charge in [-0.15, -0.1) is 11.3 Å². The van der Waals surface area contributed by atoms with Gasteiger partial charge < -0.3 is 15.8 Å². The minimum atomic E-state index is 0.159. The SMILES string of the molecule is CCC(=O)c1sc(NCC2CCOC2)c(C2CC2)c1N. The average Bonchev–Trinajstić information content (AvgIpc) is 3.03. The molecule has 1 unspecified atom stereocenters. The summed E-state index contributed by atoms with van der Waals surface area (Å²) in [5.74, 6) is 1.30. The Bertz CT molecular complexity index is 502. The molecule has 1 aliphatic heterocycles. The highest BCUT2D eigenvalue weighted by Crippen LogP contribution is 2.51. The van der Waals surface area contributed by atoms with Crippen LogP contribution in [-0.4, -0.2) is 25.5 Å². The van der Waals surface area contributed by atoms with Gasteiger partial charge >= 0.3 is 0 Å². The molecule has 1 aromatic heterocycles. The highest BCUT2D eigenvalue weighted by molar-refractivity contribution is 7.18. The number of hydrogen-bond acceptors (Lipinski definition) is 5. The first-order chi connectivity index (χ1) is 9.70. The maximum atomic E-state index is 12.0. The van der Waals surface area contributed by atoms with Crippen molar-refractivity contribution in [3.63, 3.8) is 0 Å². The summed E-state index contributed by atoms with van der Waals surface area (Å²) < 4.78 is 5.40. The molecule has 5 heteroatoms. The molecule has 2 aliphatic rings. The molecule has 0 spiro atoms. The van der Waals surface area contributed by atoms with Crippen molar-refractivity contribution < 1.29 is 9.53 Å². The lowest BCUT2D eigenvalue weighted by Gasteiger charge is -2.11. The molecule has 1 atom stereocenters. The third-order valence-electron chi connectivity index (χ3n) is 4.12. The van der Waals surface area contributed by atoms with Crippen molar-refractivity contribution in [3.05, 3.63) is 10.4 Å². The maximum Gasteiger partial charge on any atom is 0.174 e. The van der Waals surface area contributed by atoms with Gasteiger partial charge in [0.1, 0.15) is 0 Å². The molecule has 1 aliphatic carbocycles. The third kappa shape index (κ3) is 2.69. The molecular weight excluding hydrogens is 272 g/mol. The van der Waals surface area contributed by atoms with Crippen molar-refractivity contribution in [2.24, 2.45) is 5.92 Å². The van der Waals surface area contributed by atoms with Gasteiger partial charge in [0.05, 0.1) is 22.2 Å². The van der Waals surface area contributed by atoms with Crippen molar-refractivity contribution in [1.29, 1.82) is 0 Å². The van der Waals surface area contributed by atoms with E-state index in [0.29, 0.717) is 18.3 Å². The smallest absolute Gasteiger partial charge is 0.174 e. The van der Waals surface area contributed by atoms with E-state index in [4.69, 9.17) is 10.5 Å². The summed E-state index contributed by atoms with van der Waals surface area (Å²) in [6.45, 7) is 4.52. The Kier molecular flexibility index (Phi) is 3.98. The lowest BCUT2D eigenvalue weighted by Crippen LogP contribution is -2.14. The Morgan fingerprint density at radius 2 is 2.25 bits per heavy atom. The van der Waals surface area contributed by atoms with Crippen molar-refractivity contribution in [2.45, 2.75) is 38.5 Å². The van der Waals surface area contributed by atoms with E-state index in [1.165, 1.54) is 18.4 Å². The summed E-state index contributed by atoms with van der Waals surface area (Å²) in [6, 6.07) is 0. The Hall–Kier alpha value is -1.07. The Morgan fingerprint density at radius 1 is 1.45 bits per heavy atom. The molecule has 1 aromatic rings. The molecule has 4 nitrogen and oxygen atoms in total. The first-order valence-corrected chi connectivity index (χ1v) is 8.29. The van der Waals surface area contributed by atoms with E-state index in [2.05, 4.69) is 5.32 Å². The normalized spacial score (nSPS) is 22.1. The summed E-state index contributed by atoms with van der Waals surface area (Å²) in [6.07, 6.45) is 4.03. The highest BCUT2D eigenvalue weighted by Gasteiger charge is 2.32. The monoisotopic (exact) mass is 294 g/mol. The van der Waals surface area contributed by atoms with Crippen molar-refractivity contribution in [1.82, 2.24) is 0 Å². The number of nitrogen functional groups attached to an aromatic ring is 1. The van der Waals surface area contributed by atoms with E-state index in [9.17, 15) is 4.79 Å². The number of anilines is 2. The summed E-state index contributed by atoms with van der Waals surface area (Å²) >= 11 is 1.54. The van der Waals surface area contributed by atoms with E-state index in [-0.39, 0.29) is 5.78 Å². The maximum absolute atomic E-state index is 12.0. The number of thiophene rings is 1. The Morgan fingerprint density at radius 3 is 2.85 bits per heavy atom. The van der Waals surface area contributed by atoms with Crippen LogP contribution in [0.3, 0.4) is 0 Å². The van der Waals surface area contributed by atoms with Crippen LogP contribution in [0.1, 0.15) is 53.8 Å². The minimum absolute atomic E-state index is 0.159. The zero-order chi connectivity index (χ0) is 14.1. The fourth-order valence-corrected chi connectivity index (χ4v) is 3.94. The molecule has 2 heterocycles. The predicted octanol–water partition coefficient (Wildman–Crippen LogP) is 3.25. The van der Waals surface area contributed by atoms with Gasteiger partial charge in [0.15, 0.2) is 5.78 Å². The molecule has 3 rings (SSSR count). The summed E-state index contributed by atoms with van der Waals surface area (Å²) in [5, 5.41) is 4.64. The second-order valence-electron chi connectivity index (χ2n) is 5.75. The lowest BCUT2D eigenvalue weighted by molar-refractivity contribution is 0.0993. The molecular formula is C15H22N2O2S. The van der Waals surface area contributed by atoms with Gasteiger partial charge in [-0.25, -0.2) is 0 Å². The Balaban J connectivity index is 1.79. The number of Topliss-reactive ketones (excluding diaryl/α,β-unsaturated/α-hetero) is 1. The topological polar surface area (TPSA) is 64.3 Å². The number of ketones is 1. The Labute approximate surface area is 123 Å². The van der Waals surface area contributed by atoms with Crippen molar-refractivity contribution in [3.8, 4) is 0 Å². The number of carbonyl (C=O) groups is 1. The summed E-state index contributed by atoms with van der Waals surface area (Å²) in [7, 11) is 0. The van der Waals surface area contributed by atoms with Crippen LogP contribution in [0.4, 0.5) is 10.7 Å². The standard InChI is InChI=1S/C15H22N2O2S/c1-2-11(18)14-13(16)12(10-3-4-10)15(20-14)17-7-9-5-6-19-8-9/h9-10,17H,2-8,16H2,1H3. The largest absolute Gasteiger partial charge is 0.397 e. The van der Waals surface area contributed by atoms with E-state index < -0.39 is 0 Å². The van der Waals surface area contributed by atoms with E-state index in [1.54, 1.807) is 11.3 Å². The second kappa shape index (κ2) is 5.74. The summed E-state index contributed by atoms with van der Waals surface area (Å²) in [5.41, 5.74) is 8.16. The van der Waals surface area contributed by atoms with Gasteiger partial charge in [0, 0.05) is 31.1 Å². The van der Waals surface area contributed by atoms with E-state index in [0.717, 1.165) is 41.7 Å². The number of hydrogen-bond donors (Lipinski definition) is 2. The predicted molar refractivity (Wildman–Crippen MR) is 82.7 cm³/mol. The van der Waals surface area contributed by atoms with Gasteiger partial charge in [0.2, 0.25) is 0 Å². The fraction of sp³-hybridized carbons (Fsp3) is 0.667. The van der Waals surface area contributed by atoms with Crippen LogP contribution in [0, 0.1) is 5.92 Å². The van der Waals surface area contributed by atoms with Gasteiger partial charge in [-0.3, -0.25) is 4.79 Å².